The van der Waals surface area contributed by atoms with Gasteiger partial charge in [-0.05, 0) is 12.8 Å². The van der Waals surface area contributed by atoms with E-state index in [2.05, 4.69) is 15.9 Å². The lowest BCUT2D eigenvalue weighted by Gasteiger charge is -2.43. The molecule has 1 unspecified atom stereocenters. The Morgan fingerprint density at radius 2 is 1.87 bits per heavy atom. The first kappa shape index (κ1) is 12.9. The molecule has 1 atom stereocenters. The van der Waals surface area contributed by atoms with Crippen LogP contribution in [0.1, 0.15) is 12.8 Å². The molecule has 5 nitrogen and oxygen atoms in total. The Labute approximate surface area is 96.8 Å². The van der Waals surface area contributed by atoms with Crippen molar-refractivity contribution in [1.82, 2.24) is 4.90 Å². The minimum atomic E-state index is -1.23. The second-order valence-electron chi connectivity index (χ2n) is 3.80. The van der Waals surface area contributed by atoms with Crippen LogP contribution in [0.3, 0.4) is 0 Å². The molecular weight excluding hydrogens is 266 g/mol. The number of aliphatic hydroxyl groups is 3. The third kappa shape index (κ3) is 2.33. The Balaban J connectivity index is 2.87. The number of aliphatic hydroxyl groups excluding tert-OH is 3. The highest BCUT2D eigenvalue weighted by Gasteiger charge is 2.41. The summed E-state index contributed by atoms with van der Waals surface area (Å²) in [4.78, 5) is 12.9. The van der Waals surface area contributed by atoms with Crippen LogP contribution < -0.4 is 0 Å². The average Bonchev–Trinajstić information content (AvgIpc) is 2.27. The predicted octanol–water partition coefficient (Wildman–Crippen LogP) is -0.912. The van der Waals surface area contributed by atoms with Gasteiger partial charge in [0.25, 0.3) is 0 Å². The number of likely N-dealkylation sites (tertiary alicyclic amines) is 1. The maximum Gasteiger partial charge on any atom is 0.237 e. The van der Waals surface area contributed by atoms with Crippen molar-refractivity contribution in [2.45, 2.75) is 23.2 Å². The van der Waals surface area contributed by atoms with Gasteiger partial charge in [-0.1, -0.05) is 15.9 Å². The number of nitrogens with zero attached hydrogens (tertiary/aromatic N) is 1. The van der Waals surface area contributed by atoms with Crippen molar-refractivity contribution in [3.05, 3.63) is 0 Å². The maximum absolute atomic E-state index is 11.8. The van der Waals surface area contributed by atoms with E-state index < -0.39 is 25.4 Å². The molecule has 1 fully saturated rings. The largest absolute Gasteiger partial charge is 0.394 e. The van der Waals surface area contributed by atoms with Gasteiger partial charge in [-0.25, -0.2) is 0 Å². The Kier molecular flexibility index (Phi) is 4.51. The minimum Gasteiger partial charge on any atom is -0.394 e. The van der Waals surface area contributed by atoms with Gasteiger partial charge in [-0.3, -0.25) is 4.79 Å². The number of carbonyl (C=O) groups excluding carboxylic acids is 1. The molecule has 0 aromatic carbocycles. The van der Waals surface area contributed by atoms with Crippen molar-refractivity contribution < 1.29 is 20.1 Å². The number of rotatable bonds is 4. The van der Waals surface area contributed by atoms with E-state index in [-0.39, 0.29) is 10.7 Å². The van der Waals surface area contributed by atoms with Gasteiger partial charge in [-0.15, -0.1) is 0 Å². The highest BCUT2D eigenvalue weighted by molar-refractivity contribution is 9.10. The van der Waals surface area contributed by atoms with E-state index in [9.17, 15) is 20.1 Å². The molecular formula is C9H16BrNO4. The Morgan fingerprint density at radius 3 is 2.33 bits per heavy atom. The predicted molar refractivity (Wildman–Crippen MR) is 57.7 cm³/mol. The first-order valence-electron chi connectivity index (χ1n) is 4.89. The second-order valence-corrected chi connectivity index (χ2v) is 4.90. The summed E-state index contributed by atoms with van der Waals surface area (Å²) in [6.45, 7) is -0.856. The van der Waals surface area contributed by atoms with Crippen molar-refractivity contribution >= 4 is 21.8 Å². The van der Waals surface area contributed by atoms with Crippen LogP contribution in [-0.2, 0) is 4.79 Å². The van der Waals surface area contributed by atoms with Gasteiger partial charge in [0.2, 0.25) is 5.91 Å². The van der Waals surface area contributed by atoms with Crippen LogP contribution in [0.4, 0.5) is 0 Å². The smallest absolute Gasteiger partial charge is 0.237 e. The molecule has 0 aliphatic carbocycles. The van der Waals surface area contributed by atoms with Gasteiger partial charge < -0.3 is 20.2 Å². The zero-order valence-electron chi connectivity index (χ0n) is 8.40. The number of halogens is 1. The van der Waals surface area contributed by atoms with Crippen molar-refractivity contribution in [2.75, 3.05) is 26.4 Å². The third-order valence-electron chi connectivity index (χ3n) is 2.83. The van der Waals surface area contributed by atoms with Gasteiger partial charge in [-0.2, -0.15) is 0 Å². The van der Waals surface area contributed by atoms with Crippen LogP contribution in [0, 0.1) is 0 Å². The van der Waals surface area contributed by atoms with E-state index in [1.165, 1.54) is 4.90 Å². The summed E-state index contributed by atoms with van der Waals surface area (Å²) in [5.41, 5.74) is -1.23. The summed E-state index contributed by atoms with van der Waals surface area (Å²) in [5, 5.41) is 27.6. The average molecular weight is 282 g/mol. The van der Waals surface area contributed by atoms with Gasteiger partial charge in [0, 0.05) is 6.54 Å². The van der Waals surface area contributed by atoms with Crippen molar-refractivity contribution in [3.8, 4) is 0 Å². The molecule has 1 aliphatic rings. The number of piperidine rings is 1. The molecule has 0 radical (unpaired) electrons. The molecule has 1 amide bonds. The summed E-state index contributed by atoms with van der Waals surface area (Å²) in [6.07, 6.45) is 1.54. The van der Waals surface area contributed by atoms with Gasteiger partial charge in [0.05, 0.1) is 24.6 Å². The SMILES string of the molecule is O=C1C(Br)CCCN1C(CO)(CO)CO. The van der Waals surface area contributed by atoms with Crippen LogP contribution in [-0.4, -0.2) is 62.9 Å². The standard InChI is InChI=1S/C9H16BrNO4/c10-7-2-1-3-11(8(7)15)9(4-12,5-13)6-14/h7,12-14H,1-6H2. The molecule has 1 aliphatic heterocycles. The van der Waals surface area contributed by atoms with E-state index in [1.807, 2.05) is 0 Å². The molecule has 3 N–H and O–H groups in total. The lowest BCUT2D eigenvalue weighted by Crippen LogP contribution is -2.62. The fourth-order valence-electron chi connectivity index (χ4n) is 1.71. The summed E-state index contributed by atoms with van der Waals surface area (Å²) in [7, 11) is 0. The van der Waals surface area contributed by atoms with Gasteiger partial charge in [0.15, 0.2) is 0 Å². The highest BCUT2D eigenvalue weighted by Crippen LogP contribution is 2.25. The third-order valence-corrected chi connectivity index (χ3v) is 3.68. The van der Waals surface area contributed by atoms with Crippen LogP contribution in [0.5, 0.6) is 0 Å². The van der Waals surface area contributed by atoms with Gasteiger partial charge in [0.1, 0.15) is 5.54 Å². The quantitative estimate of drug-likeness (QED) is 0.583. The van der Waals surface area contributed by atoms with Crippen LogP contribution in [0.15, 0.2) is 0 Å². The molecule has 88 valence electrons. The van der Waals surface area contributed by atoms with Crippen LogP contribution in [0.25, 0.3) is 0 Å². The number of carbonyl (C=O) groups is 1. The van der Waals surface area contributed by atoms with Crippen molar-refractivity contribution in [3.63, 3.8) is 0 Å². The first-order valence-corrected chi connectivity index (χ1v) is 5.81. The van der Waals surface area contributed by atoms with E-state index in [4.69, 9.17) is 0 Å². The maximum atomic E-state index is 11.8. The fourth-order valence-corrected chi connectivity index (χ4v) is 2.28. The topological polar surface area (TPSA) is 81.0 Å². The molecule has 1 rings (SSSR count). The fraction of sp³-hybridized carbons (Fsp3) is 0.889. The van der Waals surface area contributed by atoms with Gasteiger partial charge >= 0.3 is 0 Å². The number of hydrogen-bond acceptors (Lipinski definition) is 4. The molecule has 6 heteroatoms. The number of amides is 1. The molecule has 0 spiro atoms. The monoisotopic (exact) mass is 281 g/mol. The molecule has 15 heavy (non-hydrogen) atoms. The van der Waals surface area contributed by atoms with Crippen LogP contribution >= 0.6 is 15.9 Å². The van der Waals surface area contributed by atoms with E-state index >= 15 is 0 Å². The normalized spacial score (nSPS) is 23.3. The number of hydrogen-bond donors (Lipinski definition) is 3. The Morgan fingerprint density at radius 1 is 1.33 bits per heavy atom. The van der Waals surface area contributed by atoms with Crippen molar-refractivity contribution in [1.29, 1.82) is 0 Å². The van der Waals surface area contributed by atoms with E-state index in [0.29, 0.717) is 6.54 Å². The molecule has 0 saturated carbocycles. The zero-order valence-corrected chi connectivity index (χ0v) is 9.98. The van der Waals surface area contributed by atoms with E-state index in [0.717, 1.165) is 12.8 Å². The molecule has 0 aromatic rings. The lowest BCUT2D eigenvalue weighted by molar-refractivity contribution is -0.147. The lowest BCUT2D eigenvalue weighted by atomic mass is 9.96. The molecule has 0 bridgehead atoms. The minimum absolute atomic E-state index is 0.182. The molecule has 1 heterocycles. The first-order chi connectivity index (χ1) is 7.11. The number of alkyl halides is 1. The Hall–Kier alpha value is -0.170. The Bertz CT molecular complexity index is 224. The van der Waals surface area contributed by atoms with Crippen LogP contribution in [0.2, 0.25) is 0 Å². The summed E-state index contributed by atoms with van der Waals surface area (Å²) >= 11 is 3.24. The molecule has 0 aromatic heterocycles. The second kappa shape index (κ2) is 5.25. The summed E-state index contributed by atoms with van der Waals surface area (Å²) in [5.74, 6) is -0.182. The molecule has 1 saturated heterocycles. The zero-order chi connectivity index (χ0) is 11.5. The van der Waals surface area contributed by atoms with Crippen molar-refractivity contribution in [2.24, 2.45) is 0 Å². The highest BCUT2D eigenvalue weighted by atomic mass is 79.9. The van der Waals surface area contributed by atoms with E-state index in [1.54, 1.807) is 0 Å². The summed E-state index contributed by atoms with van der Waals surface area (Å²) < 4.78 is 0. The summed E-state index contributed by atoms with van der Waals surface area (Å²) in [6, 6.07) is 0.